The predicted molar refractivity (Wildman–Crippen MR) is 149 cm³/mol. The van der Waals surface area contributed by atoms with Crippen molar-refractivity contribution in [3.05, 3.63) is 0 Å². The molecule has 0 aliphatic heterocycles. The van der Waals surface area contributed by atoms with E-state index in [1.54, 1.807) is 41.5 Å². The normalized spacial score (nSPS) is 14.9. The maximum atomic E-state index is 12.5. The summed E-state index contributed by atoms with van der Waals surface area (Å²) >= 11 is 0. The number of hydrogen-bond donors (Lipinski definition) is 0. The van der Waals surface area contributed by atoms with Crippen molar-refractivity contribution in [2.75, 3.05) is 0 Å². The van der Waals surface area contributed by atoms with E-state index >= 15 is 0 Å². The van der Waals surface area contributed by atoms with Gasteiger partial charge in [0.2, 0.25) is 0 Å². The van der Waals surface area contributed by atoms with Crippen molar-refractivity contribution < 1.29 is 48.2 Å². The van der Waals surface area contributed by atoms with Crippen LogP contribution in [0.1, 0.15) is 133 Å². The Bertz CT molecular complexity index is 712. The Morgan fingerprint density at radius 3 is 1.20 bits per heavy atom. The van der Waals surface area contributed by atoms with E-state index in [9.17, 15) is 19.2 Å². The van der Waals surface area contributed by atoms with Crippen LogP contribution in [0.5, 0.6) is 0 Å². The molecule has 0 bridgehead atoms. The first kappa shape index (κ1) is 37.8. The number of carbonyl (C=O) groups excluding carboxylic acids is 4. The van der Waals surface area contributed by atoms with Gasteiger partial charge in [-0.1, -0.05) is 53.4 Å². The molecule has 0 amide bonds. The van der Waals surface area contributed by atoms with Crippen molar-refractivity contribution in [1.82, 2.24) is 0 Å². The third-order valence-electron chi connectivity index (χ3n) is 6.52. The van der Waals surface area contributed by atoms with Crippen molar-refractivity contribution in [2.45, 2.75) is 157 Å². The molecular formula is C30H54O10. The lowest BCUT2D eigenvalue weighted by atomic mass is 10.00. The molecular weight excluding hydrogens is 520 g/mol. The molecule has 0 N–H and O–H groups in total. The summed E-state index contributed by atoms with van der Waals surface area (Å²) < 4.78 is 10.7. The molecule has 0 radical (unpaired) electrons. The molecule has 4 unspecified atom stereocenters. The van der Waals surface area contributed by atoms with Crippen LogP contribution in [0.25, 0.3) is 0 Å². The third-order valence-corrected chi connectivity index (χ3v) is 6.52. The maximum absolute atomic E-state index is 12.5. The Labute approximate surface area is 241 Å². The topological polar surface area (TPSA) is 124 Å². The predicted octanol–water partition coefficient (Wildman–Crippen LogP) is 6.57. The second-order valence-corrected chi connectivity index (χ2v) is 11.8. The van der Waals surface area contributed by atoms with Gasteiger partial charge in [-0.15, -0.1) is 0 Å². The van der Waals surface area contributed by atoms with E-state index in [0.717, 1.165) is 38.5 Å². The number of hydrogen-bond acceptors (Lipinski definition) is 10. The highest BCUT2D eigenvalue weighted by atomic mass is 17.2. The van der Waals surface area contributed by atoms with Gasteiger partial charge in [-0.3, -0.25) is 9.78 Å². The smallest absolute Gasteiger partial charge is 0.418 e. The summed E-state index contributed by atoms with van der Waals surface area (Å²) in [6.07, 6.45) is 5.79. The number of esters is 2. The first-order valence-corrected chi connectivity index (χ1v) is 14.8. The zero-order valence-corrected chi connectivity index (χ0v) is 26.5. The Morgan fingerprint density at radius 1 is 0.600 bits per heavy atom. The Balaban J connectivity index is 4.71. The van der Waals surface area contributed by atoms with Gasteiger partial charge in [-0.25, -0.2) is 19.2 Å². The molecule has 40 heavy (non-hydrogen) atoms. The molecule has 0 aromatic heterocycles. The molecule has 10 heteroatoms. The van der Waals surface area contributed by atoms with Crippen molar-refractivity contribution in [3.8, 4) is 0 Å². The van der Waals surface area contributed by atoms with E-state index in [1.165, 1.54) is 0 Å². The first-order valence-electron chi connectivity index (χ1n) is 14.8. The number of unbranched alkanes of at least 4 members (excludes halogenated alkanes) is 2. The van der Waals surface area contributed by atoms with E-state index < -0.39 is 47.3 Å². The fourth-order valence-corrected chi connectivity index (χ4v) is 4.39. The summed E-state index contributed by atoms with van der Waals surface area (Å²) in [5.74, 6) is -3.61. The highest BCUT2D eigenvalue weighted by Gasteiger charge is 2.35. The Hall–Kier alpha value is -2.20. The molecule has 0 spiro atoms. The molecule has 0 aliphatic rings. The van der Waals surface area contributed by atoms with Gasteiger partial charge in [0.05, 0.1) is 11.8 Å². The highest BCUT2D eigenvalue weighted by Crippen LogP contribution is 2.23. The summed E-state index contributed by atoms with van der Waals surface area (Å²) in [5, 5.41) is 0. The van der Waals surface area contributed by atoms with Crippen LogP contribution in [0, 0.1) is 11.8 Å². The summed E-state index contributed by atoms with van der Waals surface area (Å²) in [5.41, 5.74) is -2.20. The molecule has 10 nitrogen and oxygen atoms in total. The van der Waals surface area contributed by atoms with Gasteiger partial charge in [0, 0.05) is 12.8 Å². The third kappa shape index (κ3) is 16.2. The first-order chi connectivity index (χ1) is 18.6. The monoisotopic (exact) mass is 574 g/mol. The van der Waals surface area contributed by atoms with Crippen molar-refractivity contribution in [2.24, 2.45) is 11.8 Å². The van der Waals surface area contributed by atoms with Gasteiger partial charge >= 0.3 is 23.9 Å². The lowest BCUT2D eigenvalue weighted by Gasteiger charge is -2.29. The van der Waals surface area contributed by atoms with Gasteiger partial charge in [0.25, 0.3) is 0 Å². The Morgan fingerprint density at radius 2 is 0.925 bits per heavy atom. The standard InChI is InChI=1S/C30H54O10/c1-11-15-17-23(13-3)25(31)39-37-21(5)19-29(7,8)35-27(33)28(34)36-30(9,10)20-22(6)38-40-26(32)24(14-4)18-16-12-2/h21-24H,11-20H2,1-10H3. The van der Waals surface area contributed by atoms with Crippen LogP contribution in [0.15, 0.2) is 0 Å². The van der Waals surface area contributed by atoms with E-state index in [0.29, 0.717) is 12.8 Å². The molecule has 0 aliphatic carbocycles. The van der Waals surface area contributed by atoms with E-state index in [1.807, 2.05) is 13.8 Å². The molecule has 0 saturated carbocycles. The largest absolute Gasteiger partial charge is 0.451 e. The van der Waals surface area contributed by atoms with Crippen LogP contribution in [0.3, 0.4) is 0 Å². The van der Waals surface area contributed by atoms with Gasteiger partial charge in [-0.05, 0) is 67.2 Å². The quantitative estimate of drug-likeness (QED) is 0.0682. The minimum Gasteiger partial charge on any atom is -0.451 e. The summed E-state index contributed by atoms with van der Waals surface area (Å²) in [6.45, 7) is 17.8. The van der Waals surface area contributed by atoms with Crippen LogP contribution >= 0.6 is 0 Å². The molecule has 0 aromatic carbocycles. The summed E-state index contributed by atoms with van der Waals surface area (Å²) in [7, 11) is 0. The van der Waals surface area contributed by atoms with Crippen LogP contribution in [0.2, 0.25) is 0 Å². The molecule has 234 valence electrons. The minimum absolute atomic E-state index is 0.168. The molecule has 0 aromatic rings. The van der Waals surface area contributed by atoms with Crippen LogP contribution in [0.4, 0.5) is 0 Å². The number of rotatable bonds is 20. The fourth-order valence-electron chi connectivity index (χ4n) is 4.39. The highest BCUT2D eigenvalue weighted by molar-refractivity contribution is 6.29. The van der Waals surface area contributed by atoms with E-state index in [-0.39, 0.29) is 24.7 Å². The van der Waals surface area contributed by atoms with Gasteiger partial charge in [0.1, 0.15) is 23.4 Å². The van der Waals surface area contributed by atoms with Crippen LogP contribution < -0.4 is 0 Å². The molecule has 0 saturated heterocycles. The molecule has 4 atom stereocenters. The van der Waals surface area contributed by atoms with Crippen molar-refractivity contribution in [3.63, 3.8) is 0 Å². The summed E-state index contributed by atoms with van der Waals surface area (Å²) in [6, 6.07) is 0. The zero-order valence-electron chi connectivity index (χ0n) is 26.5. The van der Waals surface area contributed by atoms with Gasteiger partial charge in [-0.2, -0.15) is 9.78 Å². The molecule has 0 rings (SSSR count). The van der Waals surface area contributed by atoms with E-state index in [2.05, 4.69) is 13.8 Å². The Kier molecular flexibility index (Phi) is 18.0. The van der Waals surface area contributed by atoms with Crippen molar-refractivity contribution >= 4 is 23.9 Å². The summed E-state index contributed by atoms with van der Waals surface area (Å²) in [4.78, 5) is 70.0. The van der Waals surface area contributed by atoms with Crippen LogP contribution in [-0.2, 0) is 48.2 Å². The number of ether oxygens (including phenoxy) is 2. The van der Waals surface area contributed by atoms with Gasteiger partial charge < -0.3 is 9.47 Å². The number of carbonyl (C=O) groups is 4. The van der Waals surface area contributed by atoms with E-state index in [4.69, 9.17) is 29.0 Å². The lowest BCUT2D eigenvalue weighted by Crippen LogP contribution is -2.40. The second kappa shape index (κ2) is 19.0. The average Bonchev–Trinajstić information content (AvgIpc) is 2.85. The molecule has 0 heterocycles. The van der Waals surface area contributed by atoms with Gasteiger partial charge in [0.15, 0.2) is 0 Å². The minimum atomic E-state index is -1.16. The zero-order chi connectivity index (χ0) is 30.9. The fraction of sp³-hybridized carbons (Fsp3) is 0.867. The lowest BCUT2D eigenvalue weighted by molar-refractivity contribution is -0.304. The van der Waals surface area contributed by atoms with Crippen molar-refractivity contribution in [1.29, 1.82) is 0 Å². The molecule has 0 fully saturated rings. The SMILES string of the molecule is CCCCC(CC)C(=O)OOC(C)CC(C)(C)OC(=O)C(=O)OC(C)(C)CC(C)OOC(=O)C(CC)CCCC. The van der Waals surface area contributed by atoms with Crippen LogP contribution in [-0.4, -0.2) is 47.3 Å². The average molecular weight is 575 g/mol. The maximum Gasteiger partial charge on any atom is 0.418 e. The second-order valence-electron chi connectivity index (χ2n) is 11.8.